The van der Waals surface area contributed by atoms with Crippen molar-refractivity contribution in [2.24, 2.45) is 0 Å². The van der Waals surface area contributed by atoms with Gasteiger partial charge in [-0.3, -0.25) is 4.79 Å². The average Bonchev–Trinajstić information content (AvgIpc) is 2.40. The zero-order chi connectivity index (χ0) is 13.0. The second-order valence-electron chi connectivity index (χ2n) is 3.74. The van der Waals surface area contributed by atoms with E-state index in [2.05, 4.69) is 0 Å². The van der Waals surface area contributed by atoms with Crippen molar-refractivity contribution in [2.75, 3.05) is 0 Å². The van der Waals surface area contributed by atoms with E-state index in [4.69, 9.17) is 11.6 Å². The van der Waals surface area contributed by atoms with E-state index in [0.717, 1.165) is 5.56 Å². The molecule has 0 saturated carbocycles. The number of carbonyl (C=O) groups is 1. The molecule has 0 heterocycles. The number of benzene rings is 2. The molecule has 0 aliphatic heterocycles. The molecule has 0 radical (unpaired) electrons. The van der Waals surface area contributed by atoms with Crippen LogP contribution in [0.4, 0.5) is 0 Å². The van der Waals surface area contributed by atoms with Crippen molar-refractivity contribution in [2.45, 2.75) is 0 Å². The molecule has 0 bridgehead atoms. The Hall–Kier alpha value is -2.06. The van der Waals surface area contributed by atoms with Gasteiger partial charge in [-0.05, 0) is 23.8 Å². The van der Waals surface area contributed by atoms with E-state index in [-0.39, 0.29) is 22.1 Å². The lowest BCUT2D eigenvalue weighted by molar-refractivity contribution is 0.104. The third-order valence-corrected chi connectivity index (χ3v) is 2.78. The van der Waals surface area contributed by atoms with Crippen LogP contribution in [0.5, 0.6) is 5.75 Å². The molecule has 1 N–H and O–H groups in total. The van der Waals surface area contributed by atoms with Gasteiger partial charge in [0.15, 0.2) is 5.78 Å². The molecule has 18 heavy (non-hydrogen) atoms. The van der Waals surface area contributed by atoms with Gasteiger partial charge in [-0.15, -0.1) is 0 Å². The molecule has 0 saturated heterocycles. The van der Waals surface area contributed by atoms with Gasteiger partial charge >= 0.3 is 0 Å². The SMILES string of the molecule is O=C(/C=C/c1ccccc1)c1cccc(Cl)c1O. The summed E-state index contributed by atoms with van der Waals surface area (Å²) in [6, 6.07) is 14.2. The van der Waals surface area contributed by atoms with E-state index in [1.165, 1.54) is 12.1 Å². The number of aromatic hydroxyl groups is 1. The number of phenols is 1. The van der Waals surface area contributed by atoms with Gasteiger partial charge in [-0.2, -0.15) is 0 Å². The third kappa shape index (κ3) is 2.79. The predicted molar refractivity (Wildman–Crippen MR) is 72.9 cm³/mol. The predicted octanol–water partition coefficient (Wildman–Crippen LogP) is 3.94. The molecule has 0 fully saturated rings. The molecule has 0 aliphatic rings. The Balaban J connectivity index is 2.23. The summed E-state index contributed by atoms with van der Waals surface area (Å²) in [5.41, 5.74) is 1.13. The fraction of sp³-hybridized carbons (Fsp3) is 0. The van der Waals surface area contributed by atoms with Crippen LogP contribution in [0.25, 0.3) is 6.08 Å². The monoisotopic (exact) mass is 258 g/mol. The topological polar surface area (TPSA) is 37.3 Å². The Morgan fingerprint density at radius 3 is 2.50 bits per heavy atom. The van der Waals surface area contributed by atoms with Crippen LogP contribution in [0.15, 0.2) is 54.6 Å². The summed E-state index contributed by atoms with van der Waals surface area (Å²) in [6.07, 6.45) is 3.11. The summed E-state index contributed by atoms with van der Waals surface area (Å²) in [6.45, 7) is 0. The van der Waals surface area contributed by atoms with E-state index in [1.54, 1.807) is 18.2 Å². The van der Waals surface area contributed by atoms with Crippen LogP contribution in [0.3, 0.4) is 0 Å². The first-order valence-electron chi connectivity index (χ1n) is 5.43. The van der Waals surface area contributed by atoms with Crippen LogP contribution in [-0.4, -0.2) is 10.9 Å². The first-order valence-corrected chi connectivity index (χ1v) is 5.81. The number of phenolic OH excluding ortho intramolecular Hbond substituents is 1. The molecule has 2 aromatic carbocycles. The van der Waals surface area contributed by atoms with E-state index in [1.807, 2.05) is 30.3 Å². The van der Waals surface area contributed by atoms with Crippen molar-refractivity contribution >= 4 is 23.5 Å². The Morgan fingerprint density at radius 2 is 1.78 bits per heavy atom. The number of rotatable bonds is 3. The molecular weight excluding hydrogens is 248 g/mol. The highest BCUT2D eigenvalue weighted by Gasteiger charge is 2.10. The van der Waals surface area contributed by atoms with Crippen molar-refractivity contribution in [1.29, 1.82) is 0 Å². The summed E-state index contributed by atoms with van der Waals surface area (Å²) in [7, 11) is 0. The largest absolute Gasteiger partial charge is 0.506 e. The summed E-state index contributed by atoms with van der Waals surface area (Å²) in [4.78, 5) is 11.9. The maximum atomic E-state index is 11.9. The highest BCUT2D eigenvalue weighted by atomic mass is 35.5. The van der Waals surface area contributed by atoms with Gasteiger partial charge in [0.1, 0.15) is 5.75 Å². The molecule has 0 aromatic heterocycles. The number of para-hydroxylation sites is 1. The Kier molecular flexibility index (Phi) is 3.80. The van der Waals surface area contributed by atoms with Gasteiger partial charge in [-0.25, -0.2) is 0 Å². The molecule has 0 unspecified atom stereocenters. The van der Waals surface area contributed by atoms with Crippen LogP contribution < -0.4 is 0 Å². The van der Waals surface area contributed by atoms with E-state index in [0.29, 0.717) is 0 Å². The second kappa shape index (κ2) is 5.52. The summed E-state index contributed by atoms with van der Waals surface area (Å²) >= 11 is 5.75. The van der Waals surface area contributed by atoms with E-state index < -0.39 is 0 Å². The maximum absolute atomic E-state index is 11.9. The van der Waals surface area contributed by atoms with E-state index >= 15 is 0 Å². The highest BCUT2D eigenvalue weighted by Crippen LogP contribution is 2.27. The lowest BCUT2D eigenvalue weighted by atomic mass is 10.1. The molecule has 0 spiro atoms. The van der Waals surface area contributed by atoms with Gasteiger partial charge in [0.2, 0.25) is 0 Å². The van der Waals surface area contributed by atoms with Crippen molar-refractivity contribution in [1.82, 2.24) is 0 Å². The fourth-order valence-corrected chi connectivity index (χ4v) is 1.71. The molecule has 0 atom stereocenters. The summed E-state index contributed by atoms with van der Waals surface area (Å²) < 4.78 is 0. The standard InChI is InChI=1S/C15H11ClO2/c16-13-8-4-7-12(15(13)18)14(17)10-9-11-5-2-1-3-6-11/h1-10,18H/b10-9+. The number of hydrogen-bond acceptors (Lipinski definition) is 2. The van der Waals surface area contributed by atoms with Crippen molar-refractivity contribution in [3.63, 3.8) is 0 Å². The molecule has 90 valence electrons. The molecule has 2 nitrogen and oxygen atoms in total. The zero-order valence-electron chi connectivity index (χ0n) is 9.51. The van der Waals surface area contributed by atoms with Gasteiger partial charge in [-0.1, -0.05) is 54.1 Å². The van der Waals surface area contributed by atoms with Gasteiger partial charge in [0.25, 0.3) is 0 Å². The van der Waals surface area contributed by atoms with Crippen LogP contribution in [0.2, 0.25) is 5.02 Å². The molecule has 2 rings (SSSR count). The van der Waals surface area contributed by atoms with Crippen molar-refractivity contribution in [3.8, 4) is 5.75 Å². The fourth-order valence-electron chi connectivity index (χ4n) is 1.54. The summed E-state index contributed by atoms with van der Waals surface area (Å²) in [5, 5.41) is 9.85. The second-order valence-corrected chi connectivity index (χ2v) is 4.15. The Bertz CT molecular complexity index is 589. The van der Waals surface area contributed by atoms with Crippen LogP contribution >= 0.6 is 11.6 Å². The Morgan fingerprint density at radius 1 is 1.06 bits per heavy atom. The van der Waals surface area contributed by atoms with Gasteiger partial charge in [0.05, 0.1) is 10.6 Å². The van der Waals surface area contributed by atoms with Crippen molar-refractivity contribution < 1.29 is 9.90 Å². The first kappa shape index (κ1) is 12.4. The number of halogens is 1. The lowest BCUT2D eigenvalue weighted by Gasteiger charge is -2.01. The van der Waals surface area contributed by atoms with Crippen molar-refractivity contribution in [3.05, 3.63) is 70.8 Å². The van der Waals surface area contributed by atoms with Crippen LogP contribution in [0, 0.1) is 0 Å². The maximum Gasteiger partial charge on any atom is 0.189 e. The normalized spacial score (nSPS) is 10.7. The first-order chi connectivity index (χ1) is 8.68. The average molecular weight is 259 g/mol. The molecular formula is C15H11ClO2. The molecule has 3 heteroatoms. The number of carbonyl (C=O) groups excluding carboxylic acids is 1. The minimum absolute atomic E-state index is 0.175. The number of allylic oxidation sites excluding steroid dienone is 1. The quantitative estimate of drug-likeness (QED) is 0.669. The smallest absolute Gasteiger partial charge is 0.189 e. The molecule has 0 aliphatic carbocycles. The number of ketones is 1. The Labute approximate surface area is 110 Å². The van der Waals surface area contributed by atoms with Crippen LogP contribution in [-0.2, 0) is 0 Å². The summed E-state index contributed by atoms with van der Waals surface area (Å²) in [5.74, 6) is -0.458. The molecule has 0 amide bonds. The molecule has 2 aromatic rings. The van der Waals surface area contributed by atoms with Gasteiger partial charge in [0, 0.05) is 0 Å². The minimum Gasteiger partial charge on any atom is -0.506 e. The minimum atomic E-state index is -0.279. The van der Waals surface area contributed by atoms with Crippen LogP contribution in [0.1, 0.15) is 15.9 Å². The van der Waals surface area contributed by atoms with E-state index in [9.17, 15) is 9.90 Å². The lowest BCUT2D eigenvalue weighted by Crippen LogP contribution is -1.94. The highest BCUT2D eigenvalue weighted by molar-refractivity contribution is 6.32. The third-order valence-electron chi connectivity index (χ3n) is 2.48. The number of hydrogen-bond donors (Lipinski definition) is 1. The zero-order valence-corrected chi connectivity index (χ0v) is 10.3. The van der Waals surface area contributed by atoms with Gasteiger partial charge < -0.3 is 5.11 Å².